The molecule has 0 aromatic carbocycles. The van der Waals surface area contributed by atoms with E-state index in [4.69, 9.17) is 0 Å². The highest BCUT2D eigenvalue weighted by Crippen LogP contribution is 2.16. The number of hydrogen-bond donors (Lipinski definition) is 1. The van der Waals surface area contributed by atoms with Gasteiger partial charge in [0.1, 0.15) is 5.82 Å². The van der Waals surface area contributed by atoms with Crippen LogP contribution in [0.15, 0.2) is 12.3 Å². The van der Waals surface area contributed by atoms with Crippen LogP contribution >= 0.6 is 0 Å². The summed E-state index contributed by atoms with van der Waals surface area (Å²) in [5.74, 6) is 2.24. The first-order valence-electron chi connectivity index (χ1n) is 6.28. The molecule has 0 aliphatic carbocycles. The first-order valence-corrected chi connectivity index (χ1v) is 6.28. The second-order valence-corrected chi connectivity index (χ2v) is 4.96. The van der Waals surface area contributed by atoms with Crippen LogP contribution in [-0.2, 0) is 6.42 Å². The van der Waals surface area contributed by atoms with Crippen molar-refractivity contribution in [3.63, 3.8) is 0 Å². The van der Waals surface area contributed by atoms with Gasteiger partial charge in [-0.2, -0.15) is 0 Å². The summed E-state index contributed by atoms with van der Waals surface area (Å²) in [6, 6.07) is 2.05. The van der Waals surface area contributed by atoms with Gasteiger partial charge in [-0.1, -0.05) is 13.8 Å². The van der Waals surface area contributed by atoms with Gasteiger partial charge in [-0.05, 0) is 44.3 Å². The highest BCUT2D eigenvalue weighted by Gasteiger charge is 2.14. The fourth-order valence-electron chi connectivity index (χ4n) is 2.14. The molecule has 16 heavy (non-hydrogen) atoms. The normalized spacial score (nSPS) is 20.6. The minimum Gasteiger partial charge on any atom is -0.316 e. The quantitative estimate of drug-likeness (QED) is 0.843. The molecular weight excluding hydrogens is 198 g/mol. The Kier molecular flexibility index (Phi) is 3.88. The number of aromatic nitrogens is 2. The van der Waals surface area contributed by atoms with Crippen LogP contribution in [0.1, 0.15) is 44.1 Å². The summed E-state index contributed by atoms with van der Waals surface area (Å²) < 4.78 is 0. The largest absolute Gasteiger partial charge is 0.316 e. The maximum atomic E-state index is 4.60. The molecule has 0 amide bonds. The van der Waals surface area contributed by atoms with Gasteiger partial charge in [0.2, 0.25) is 0 Å². The summed E-state index contributed by atoms with van der Waals surface area (Å²) in [5, 5.41) is 3.41. The van der Waals surface area contributed by atoms with Crippen molar-refractivity contribution in [1.29, 1.82) is 0 Å². The maximum Gasteiger partial charge on any atom is 0.131 e. The monoisotopic (exact) mass is 219 g/mol. The zero-order chi connectivity index (χ0) is 11.4. The van der Waals surface area contributed by atoms with Gasteiger partial charge < -0.3 is 5.32 Å². The molecule has 0 radical (unpaired) electrons. The Bertz CT molecular complexity index is 330. The van der Waals surface area contributed by atoms with Gasteiger partial charge in [-0.15, -0.1) is 0 Å². The van der Waals surface area contributed by atoms with Crippen molar-refractivity contribution < 1.29 is 0 Å². The third kappa shape index (κ3) is 3.01. The zero-order valence-corrected chi connectivity index (χ0v) is 10.2. The summed E-state index contributed by atoms with van der Waals surface area (Å²) in [6.07, 6.45) is 5.56. The standard InChI is InChI=1S/C13H21N3/c1-10(2)13-15-8-6-12(16-13)4-3-11-5-7-14-9-11/h6,8,10-11,14H,3-5,7,9H2,1-2H3. The number of rotatable bonds is 4. The number of nitrogens with zero attached hydrogens (tertiary/aromatic N) is 2. The van der Waals surface area contributed by atoms with Crippen molar-refractivity contribution >= 4 is 0 Å². The van der Waals surface area contributed by atoms with E-state index >= 15 is 0 Å². The van der Waals surface area contributed by atoms with E-state index in [2.05, 4.69) is 29.1 Å². The lowest BCUT2D eigenvalue weighted by Crippen LogP contribution is -2.10. The number of nitrogens with one attached hydrogen (secondary N) is 1. The fourth-order valence-corrected chi connectivity index (χ4v) is 2.14. The minimum absolute atomic E-state index is 0.424. The van der Waals surface area contributed by atoms with Gasteiger partial charge in [-0.3, -0.25) is 0 Å². The number of aryl methyl sites for hydroxylation is 1. The maximum absolute atomic E-state index is 4.60. The van der Waals surface area contributed by atoms with E-state index in [0.717, 1.165) is 18.2 Å². The van der Waals surface area contributed by atoms with Crippen molar-refractivity contribution in [2.75, 3.05) is 13.1 Å². The van der Waals surface area contributed by atoms with Crippen LogP contribution in [0.3, 0.4) is 0 Å². The molecule has 1 fully saturated rings. The Morgan fingerprint density at radius 3 is 3.06 bits per heavy atom. The highest BCUT2D eigenvalue weighted by atomic mass is 14.9. The van der Waals surface area contributed by atoms with Gasteiger partial charge in [0, 0.05) is 17.8 Å². The third-order valence-corrected chi connectivity index (χ3v) is 3.22. The van der Waals surface area contributed by atoms with Crippen molar-refractivity contribution in [1.82, 2.24) is 15.3 Å². The highest BCUT2D eigenvalue weighted by molar-refractivity contribution is 5.05. The van der Waals surface area contributed by atoms with Crippen LogP contribution < -0.4 is 5.32 Å². The van der Waals surface area contributed by atoms with Gasteiger partial charge in [0.15, 0.2) is 0 Å². The summed E-state index contributed by atoms with van der Waals surface area (Å²) in [7, 11) is 0. The summed E-state index contributed by atoms with van der Waals surface area (Å²) in [6.45, 7) is 6.65. The second-order valence-electron chi connectivity index (χ2n) is 4.96. The summed E-state index contributed by atoms with van der Waals surface area (Å²) >= 11 is 0. The molecule has 0 spiro atoms. The molecular formula is C13H21N3. The van der Waals surface area contributed by atoms with E-state index < -0.39 is 0 Å². The topological polar surface area (TPSA) is 37.8 Å². The first-order chi connectivity index (χ1) is 7.75. The molecule has 1 saturated heterocycles. The van der Waals surface area contributed by atoms with Crippen LogP contribution in [0.4, 0.5) is 0 Å². The molecule has 1 N–H and O–H groups in total. The average molecular weight is 219 g/mol. The van der Waals surface area contributed by atoms with Gasteiger partial charge in [-0.25, -0.2) is 9.97 Å². The van der Waals surface area contributed by atoms with Crippen molar-refractivity contribution in [3.8, 4) is 0 Å². The molecule has 3 nitrogen and oxygen atoms in total. The van der Waals surface area contributed by atoms with E-state index in [-0.39, 0.29) is 0 Å². The molecule has 1 unspecified atom stereocenters. The Morgan fingerprint density at radius 1 is 1.50 bits per heavy atom. The predicted molar refractivity (Wildman–Crippen MR) is 65.4 cm³/mol. The third-order valence-electron chi connectivity index (χ3n) is 3.22. The molecule has 2 rings (SSSR count). The molecule has 0 bridgehead atoms. The van der Waals surface area contributed by atoms with E-state index in [1.807, 2.05) is 12.3 Å². The van der Waals surface area contributed by atoms with Gasteiger partial charge in [0.25, 0.3) is 0 Å². The van der Waals surface area contributed by atoms with Crippen LogP contribution in [0, 0.1) is 5.92 Å². The van der Waals surface area contributed by atoms with Crippen molar-refractivity contribution in [3.05, 3.63) is 23.8 Å². The SMILES string of the molecule is CC(C)c1nccc(CCC2CCNC2)n1. The summed E-state index contributed by atoms with van der Waals surface area (Å²) in [5.41, 5.74) is 1.20. The fraction of sp³-hybridized carbons (Fsp3) is 0.692. The van der Waals surface area contributed by atoms with Crippen LogP contribution in [0.2, 0.25) is 0 Å². The first kappa shape index (κ1) is 11.5. The Morgan fingerprint density at radius 2 is 2.38 bits per heavy atom. The molecule has 88 valence electrons. The van der Waals surface area contributed by atoms with Crippen LogP contribution in [0.25, 0.3) is 0 Å². The van der Waals surface area contributed by atoms with E-state index in [9.17, 15) is 0 Å². The summed E-state index contributed by atoms with van der Waals surface area (Å²) in [4.78, 5) is 8.90. The van der Waals surface area contributed by atoms with E-state index in [1.54, 1.807) is 0 Å². The van der Waals surface area contributed by atoms with Gasteiger partial charge in [0.05, 0.1) is 0 Å². The molecule has 3 heteroatoms. The molecule has 1 aliphatic heterocycles. The van der Waals surface area contributed by atoms with Gasteiger partial charge >= 0.3 is 0 Å². The molecule has 1 aromatic rings. The Labute approximate surface area is 97.7 Å². The number of hydrogen-bond acceptors (Lipinski definition) is 3. The van der Waals surface area contributed by atoms with E-state index in [1.165, 1.54) is 31.6 Å². The van der Waals surface area contributed by atoms with E-state index in [0.29, 0.717) is 5.92 Å². The minimum atomic E-state index is 0.424. The lowest BCUT2D eigenvalue weighted by Gasteiger charge is -2.09. The van der Waals surface area contributed by atoms with Crippen molar-refractivity contribution in [2.45, 2.75) is 39.0 Å². The smallest absolute Gasteiger partial charge is 0.131 e. The molecule has 2 heterocycles. The Hall–Kier alpha value is -0.960. The van der Waals surface area contributed by atoms with Crippen LogP contribution in [-0.4, -0.2) is 23.1 Å². The van der Waals surface area contributed by atoms with Crippen molar-refractivity contribution in [2.24, 2.45) is 5.92 Å². The molecule has 1 aliphatic rings. The molecule has 0 saturated carbocycles. The lowest BCUT2D eigenvalue weighted by atomic mass is 10.0. The average Bonchev–Trinajstić information content (AvgIpc) is 2.79. The Balaban J connectivity index is 1.90. The lowest BCUT2D eigenvalue weighted by molar-refractivity contribution is 0.527. The second kappa shape index (κ2) is 5.39. The molecule has 1 atom stereocenters. The zero-order valence-electron chi connectivity index (χ0n) is 10.2. The molecule has 1 aromatic heterocycles. The predicted octanol–water partition coefficient (Wildman–Crippen LogP) is 2.14. The van der Waals surface area contributed by atoms with Crippen LogP contribution in [0.5, 0.6) is 0 Å².